The molecule has 0 bridgehead atoms. The molecule has 1 N–H and O–H groups in total. The smallest absolute Gasteiger partial charge is 0.0466 e. The van der Waals surface area contributed by atoms with Crippen LogP contribution in [0.2, 0.25) is 0 Å². The van der Waals surface area contributed by atoms with Crippen molar-refractivity contribution in [3.8, 4) is 0 Å². The standard InChI is InChI=1S/C15H32N2O/c1-3-15-9-5-7-12-17(15)13-11-16-10-6-8-14-18-4-2/h15-16H,3-14H2,1-2H3. The fourth-order valence-electron chi connectivity index (χ4n) is 2.76. The van der Waals surface area contributed by atoms with E-state index in [2.05, 4.69) is 24.1 Å². The fourth-order valence-corrected chi connectivity index (χ4v) is 2.76. The van der Waals surface area contributed by atoms with Gasteiger partial charge in [-0.05, 0) is 52.1 Å². The van der Waals surface area contributed by atoms with E-state index in [1.165, 1.54) is 51.6 Å². The van der Waals surface area contributed by atoms with E-state index in [1.54, 1.807) is 0 Å². The molecular weight excluding hydrogens is 224 g/mol. The average molecular weight is 256 g/mol. The van der Waals surface area contributed by atoms with Gasteiger partial charge in [-0.3, -0.25) is 4.90 Å². The van der Waals surface area contributed by atoms with Crippen molar-refractivity contribution >= 4 is 0 Å². The van der Waals surface area contributed by atoms with Gasteiger partial charge in [0.2, 0.25) is 0 Å². The number of ether oxygens (including phenoxy) is 1. The lowest BCUT2D eigenvalue weighted by atomic mass is 10.0. The van der Waals surface area contributed by atoms with Crippen molar-refractivity contribution < 1.29 is 4.74 Å². The van der Waals surface area contributed by atoms with Crippen LogP contribution in [0, 0.1) is 0 Å². The van der Waals surface area contributed by atoms with Crippen molar-refractivity contribution in [1.82, 2.24) is 10.2 Å². The quantitative estimate of drug-likeness (QED) is 0.608. The first-order chi connectivity index (χ1) is 8.88. The Morgan fingerprint density at radius 3 is 2.83 bits per heavy atom. The van der Waals surface area contributed by atoms with Crippen LogP contribution in [-0.2, 0) is 4.74 Å². The van der Waals surface area contributed by atoms with Crippen LogP contribution in [0.1, 0.15) is 52.4 Å². The molecule has 0 amide bonds. The number of unbranched alkanes of at least 4 members (excludes halogenated alkanes) is 1. The Kier molecular flexibility index (Phi) is 9.54. The lowest BCUT2D eigenvalue weighted by molar-refractivity contribution is 0.140. The summed E-state index contributed by atoms with van der Waals surface area (Å²) in [6.45, 7) is 11.0. The van der Waals surface area contributed by atoms with Gasteiger partial charge in [0.25, 0.3) is 0 Å². The molecule has 1 aliphatic heterocycles. The first kappa shape index (κ1) is 15.9. The maximum Gasteiger partial charge on any atom is 0.0466 e. The minimum atomic E-state index is 0.846. The highest BCUT2D eigenvalue weighted by Crippen LogP contribution is 2.18. The summed E-state index contributed by atoms with van der Waals surface area (Å²) in [5.41, 5.74) is 0. The molecule has 1 fully saturated rings. The van der Waals surface area contributed by atoms with Gasteiger partial charge in [-0.2, -0.15) is 0 Å². The Morgan fingerprint density at radius 1 is 1.17 bits per heavy atom. The van der Waals surface area contributed by atoms with Gasteiger partial charge >= 0.3 is 0 Å². The molecule has 0 aromatic carbocycles. The highest BCUT2D eigenvalue weighted by molar-refractivity contribution is 4.76. The van der Waals surface area contributed by atoms with Crippen LogP contribution < -0.4 is 5.32 Å². The van der Waals surface area contributed by atoms with Gasteiger partial charge in [0.15, 0.2) is 0 Å². The van der Waals surface area contributed by atoms with Gasteiger partial charge in [-0.25, -0.2) is 0 Å². The number of likely N-dealkylation sites (tertiary alicyclic amines) is 1. The minimum Gasteiger partial charge on any atom is -0.382 e. The average Bonchev–Trinajstić information content (AvgIpc) is 2.42. The van der Waals surface area contributed by atoms with Crippen molar-refractivity contribution in [3.05, 3.63) is 0 Å². The molecule has 1 aliphatic rings. The molecule has 0 aliphatic carbocycles. The van der Waals surface area contributed by atoms with Gasteiger partial charge in [-0.15, -0.1) is 0 Å². The number of piperidine rings is 1. The third-order valence-corrected chi connectivity index (χ3v) is 3.89. The van der Waals surface area contributed by atoms with Crippen molar-refractivity contribution in [2.75, 3.05) is 39.4 Å². The fraction of sp³-hybridized carbons (Fsp3) is 1.00. The first-order valence-corrected chi connectivity index (χ1v) is 7.91. The van der Waals surface area contributed by atoms with Crippen molar-refractivity contribution in [1.29, 1.82) is 0 Å². The number of hydrogen-bond donors (Lipinski definition) is 1. The molecule has 0 spiro atoms. The highest BCUT2D eigenvalue weighted by atomic mass is 16.5. The van der Waals surface area contributed by atoms with E-state index >= 15 is 0 Å². The van der Waals surface area contributed by atoms with Gasteiger partial charge in [0.05, 0.1) is 0 Å². The summed E-state index contributed by atoms with van der Waals surface area (Å²) in [4.78, 5) is 2.68. The van der Waals surface area contributed by atoms with Crippen LogP contribution in [0.3, 0.4) is 0 Å². The molecule has 1 unspecified atom stereocenters. The molecule has 0 aromatic rings. The van der Waals surface area contributed by atoms with E-state index in [1.807, 2.05) is 0 Å². The number of rotatable bonds is 10. The third kappa shape index (κ3) is 6.72. The zero-order valence-corrected chi connectivity index (χ0v) is 12.4. The second-order valence-corrected chi connectivity index (χ2v) is 5.25. The predicted molar refractivity (Wildman–Crippen MR) is 78.1 cm³/mol. The molecule has 1 saturated heterocycles. The van der Waals surface area contributed by atoms with E-state index in [4.69, 9.17) is 4.74 Å². The van der Waals surface area contributed by atoms with Crippen LogP contribution in [-0.4, -0.2) is 50.3 Å². The highest BCUT2D eigenvalue weighted by Gasteiger charge is 2.19. The zero-order valence-electron chi connectivity index (χ0n) is 12.4. The van der Waals surface area contributed by atoms with E-state index in [0.29, 0.717) is 0 Å². The summed E-state index contributed by atoms with van der Waals surface area (Å²) in [6.07, 6.45) is 7.96. The second-order valence-electron chi connectivity index (χ2n) is 5.25. The zero-order chi connectivity index (χ0) is 13.1. The normalized spacial score (nSPS) is 21.3. The van der Waals surface area contributed by atoms with E-state index in [9.17, 15) is 0 Å². The number of nitrogens with one attached hydrogen (secondary N) is 1. The first-order valence-electron chi connectivity index (χ1n) is 7.91. The molecule has 18 heavy (non-hydrogen) atoms. The molecule has 1 rings (SSSR count). The number of nitrogens with zero attached hydrogens (tertiary/aromatic N) is 1. The molecule has 1 atom stereocenters. The van der Waals surface area contributed by atoms with E-state index in [-0.39, 0.29) is 0 Å². The Labute approximate surface area is 113 Å². The van der Waals surface area contributed by atoms with Crippen molar-refractivity contribution in [2.24, 2.45) is 0 Å². The largest absolute Gasteiger partial charge is 0.382 e. The maximum absolute atomic E-state index is 5.33. The Morgan fingerprint density at radius 2 is 2.06 bits per heavy atom. The molecule has 1 heterocycles. The molecular formula is C15H32N2O. The number of hydrogen-bond acceptors (Lipinski definition) is 3. The lowest BCUT2D eigenvalue weighted by Gasteiger charge is -2.35. The predicted octanol–water partition coefficient (Wildman–Crippen LogP) is 2.66. The van der Waals surface area contributed by atoms with Crippen molar-refractivity contribution in [3.63, 3.8) is 0 Å². The summed E-state index contributed by atoms with van der Waals surface area (Å²) < 4.78 is 5.33. The van der Waals surface area contributed by atoms with Crippen molar-refractivity contribution in [2.45, 2.75) is 58.4 Å². The van der Waals surface area contributed by atoms with Crippen LogP contribution in [0.5, 0.6) is 0 Å². The second kappa shape index (κ2) is 10.8. The van der Waals surface area contributed by atoms with Gasteiger partial charge < -0.3 is 10.1 Å². The summed E-state index contributed by atoms with van der Waals surface area (Å²) in [7, 11) is 0. The summed E-state index contributed by atoms with van der Waals surface area (Å²) in [6, 6.07) is 0.846. The minimum absolute atomic E-state index is 0.846. The summed E-state index contributed by atoms with van der Waals surface area (Å²) >= 11 is 0. The maximum atomic E-state index is 5.33. The third-order valence-electron chi connectivity index (χ3n) is 3.89. The summed E-state index contributed by atoms with van der Waals surface area (Å²) in [5.74, 6) is 0. The molecule has 3 heteroatoms. The van der Waals surface area contributed by atoms with Gasteiger partial charge in [0.1, 0.15) is 0 Å². The molecule has 3 nitrogen and oxygen atoms in total. The van der Waals surface area contributed by atoms with Gasteiger partial charge in [0, 0.05) is 32.3 Å². The summed E-state index contributed by atoms with van der Waals surface area (Å²) in [5, 5.41) is 3.56. The van der Waals surface area contributed by atoms with E-state index < -0.39 is 0 Å². The van der Waals surface area contributed by atoms with E-state index in [0.717, 1.165) is 32.3 Å². The Bertz CT molecular complexity index is 187. The van der Waals surface area contributed by atoms with Crippen LogP contribution >= 0.6 is 0 Å². The monoisotopic (exact) mass is 256 g/mol. The SMILES string of the molecule is CCOCCCCNCCN1CCCCC1CC. The Hall–Kier alpha value is -0.120. The van der Waals surface area contributed by atoms with Crippen LogP contribution in [0.4, 0.5) is 0 Å². The molecule has 0 saturated carbocycles. The molecule has 0 aromatic heterocycles. The van der Waals surface area contributed by atoms with Gasteiger partial charge in [-0.1, -0.05) is 13.3 Å². The topological polar surface area (TPSA) is 24.5 Å². The molecule has 0 radical (unpaired) electrons. The Balaban J connectivity index is 1.93. The lowest BCUT2D eigenvalue weighted by Crippen LogP contribution is -2.42. The van der Waals surface area contributed by atoms with Crippen LogP contribution in [0.25, 0.3) is 0 Å². The molecule has 108 valence electrons. The van der Waals surface area contributed by atoms with Crippen LogP contribution in [0.15, 0.2) is 0 Å².